The summed E-state index contributed by atoms with van der Waals surface area (Å²) in [6.45, 7) is 7.62. The lowest BCUT2D eigenvalue weighted by molar-refractivity contribution is -0.384. The maximum Gasteiger partial charge on any atom is 0.342 e. The second kappa shape index (κ2) is 14.0. The summed E-state index contributed by atoms with van der Waals surface area (Å²) in [5.41, 5.74) is 4.12. The second-order valence-corrected chi connectivity index (χ2v) is 17.5. The van der Waals surface area contributed by atoms with Crippen molar-refractivity contribution in [2.75, 3.05) is 11.7 Å². The van der Waals surface area contributed by atoms with Crippen LogP contribution in [0.15, 0.2) is 66.7 Å². The Kier molecular flexibility index (Phi) is 8.98. The Bertz CT molecular complexity index is 3300. The van der Waals surface area contributed by atoms with E-state index in [1.807, 2.05) is 20.8 Å². The third kappa shape index (κ3) is 5.65. The zero-order valence-electron chi connectivity index (χ0n) is 31.1. The Morgan fingerprint density at radius 3 is 2.37 bits per heavy atom. The van der Waals surface area contributed by atoms with Gasteiger partial charge >= 0.3 is 5.97 Å². The van der Waals surface area contributed by atoms with E-state index in [4.69, 9.17) is 30.5 Å². The van der Waals surface area contributed by atoms with Crippen LogP contribution in [0.1, 0.15) is 43.6 Å². The van der Waals surface area contributed by atoms with Gasteiger partial charge in [0.1, 0.15) is 49.2 Å². The van der Waals surface area contributed by atoms with Crippen molar-refractivity contribution in [3.63, 3.8) is 0 Å². The van der Waals surface area contributed by atoms with Crippen molar-refractivity contribution in [1.82, 2.24) is 42.8 Å². The van der Waals surface area contributed by atoms with Crippen LogP contribution < -0.4 is 9.71 Å². The average Bonchev–Trinajstić information content (AvgIpc) is 4.06. The minimum atomic E-state index is -0.767. The fourth-order valence-corrected chi connectivity index (χ4v) is 9.98. The molecule has 0 saturated carbocycles. The molecule has 299 valence electrons. The fraction of sp³-hybridized carbons (Fsp3) is 0.162. The number of benzene rings is 5. The smallest absolute Gasteiger partial charge is 0.342 e. The average molecular weight is 992 g/mol. The molecule has 23 heteroatoms. The minimum Gasteiger partial charge on any atom is -0.462 e. The summed E-state index contributed by atoms with van der Waals surface area (Å²) in [7, 11) is 0. The summed E-state index contributed by atoms with van der Waals surface area (Å²) in [4.78, 5) is 34.3. The van der Waals surface area contributed by atoms with Gasteiger partial charge in [0.15, 0.2) is 22.6 Å². The van der Waals surface area contributed by atoms with Crippen LogP contribution in [0.5, 0.6) is 0 Å². The van der Waals surface area contributed by atoms with E-state index in [9.17, 15) is 14.9 Å². The number of carbonyl (C=O) groups is 1. The minimum absolute atomic E-state index is 0.0473. The highest BCUT2D eigenvalue weighted by Gasteiger charge is 2.58. The van der Waals surface area contributed by atoms with Gasteiger partial charge in [-0.1, -0.05) is 42.0 Å². The molecule has 10 rings (SSSR count). The van der Waals surface area contributed by atoms with Crippen molar-refractivity contribution < 1.29 is 28.7 Å². The number of halogens is 3. The highest BCUT2D eigenvalue weighted by atomic mass is 79.9. The highest BCUT2D eigenvalue weighted by molar-refractivity contribution is 9.11. The Morgan fingerprint density at radius 1 is 0.917 bits per heavy atom. The van der Waals surface area contributed by atoms with Gasteiger partial charge in [-0.15, -0.1) is 0 Å². The van der Waals surface area contributed by atoms with Gasteiger partial charge in [-0.25, -0.2) is 14.1 Å². The number of esters is 1. The predicted molar refractivity (Wildman–Crippen MR) is 229 cm³/mol. The summed E-state index contributed by atoms with van der Waals surface area (Å²) in [6.07, 6.45) is 0. The number of aromatic nitrogens is 8. The summed E-state index contributed by atoms with van der Waals surface area (Å²) in [6, 6.07) is 16.7. The van der Waals surface area contributed by atoms with E-state index in [-0.39, 0.29) is 67.6 Å². The van der Waals surface area contributed by atoms with Crippen molar-refractivity contribution in [2.45, 2.75) is 33.1 Å². The third-order valence-electron chi connectivity index (χ3n) is 9.92. The van der Waals surface area contributed by atoms with Crippen molar-refractivity contribution in [2.24, 2.45) is 0 Å². The topological polar surface area (TPSA) is 211 Å². The summed E-state index contributed by atoms with van der Waals surface area (Å²) < 4.78 is 33.9. The van der Waals surface area contributed by atoms with Gasteiger partial charge < -0.3 is 4.74 Å². The van der Waals surface area contributed by atoms with Gasteiger partial charge in [-0.2, -0.15) is 22.6 Å². The van der Waals surface area contributed by atoms with Gasteiger partial charge in [0.2, 0.25) is 5.69 Å². The molecule has 0 spiro atoms. The number of rotatable bonds is 7. The largest absolute Gasteiger partial charge is 0.462 e. The van der Waals surface area contributed by atoms with Crippen molar-refractivity contribution in [1.29, 1.82) is 0 Å². The molecule has 0 N–H and O–H groups in total. The van der Waals surface area contributed by atoms with Crippen molar-refractivity contribution >= 4 is 151 Å². The van der Waals surface area contributed by atoms with Crippen LogP contribution in [-0.4, -0.2) is 55.6 Å². The molecule has 1 radical (unpaired) electrons. The van der Waals surface area contributed by atoms with E-state index >= 15 is 0 Å². The highest BCUT2D eigenvalue weighted by Crippen LogP contribution is 2.65. The molecule has 1 atom stereocenters. The number of fused-ring (bicyclic) bond motifs is 5. The number of nitro benzene ring substituents is 1. The molecule has 0 saturated heterocycles. The predicted octanol–water partition coefficient (Wildman–Crippen LogP) is 10.8. The normalized spacial score (nSPS) is 15.5. The summed E-state index contributed by atoms with van der Waals surface area (Å²) in [5, 5.41) is 30.9. The first-order chi connectivity index (χ1) is 28.8. The molecule has 1 aliphatic heterocycles. The van der Waals surface area contributed by atoms with Crippen LogP contribution in [0.25, 0.3) is 55.3 Å². The van der Waals surface area contributed by atoms with Gasteiger partial charge in [0.25, 0.3) is 5.69 Å². The number of anilines is 2. The molecule has 60 heavy (non-hydrogen) atoms. The SMILES string of the molecule is CCOC(=O)c1c(N2O[N+](c3cc(Br)c4nsnc4c3)(c3ccc4nonc4c3Cl)c3c(-c4cc5nonc5cc4[N+](=O)[O-])c(C(C)(C)C)[c]c(Br)c32)ccc2nsnc12. The van der Waals surface area contributed by atoms with Crippen molar-refractivity contribution in [3.05, 3.63) is 89.8 Å². The third-order valence-corrected chi connectivity index (χ3v) is 12.6. The number of ether oxygens (including phenoxy) is 1. The summed E-state index contributed by atoms with van der Waals surface area (Å²) >= 11 is 16.9. The molecule has 9 aromatic rings. The quantitative estimate of drug-likeness (QED) is 0.0629. The monoisotopic (exact) mass is 989 g/mol. The van der Waals surface area contributed by atoms with E-state index in [1.54, 1.807) is 49.4 Å². The molecule has 4 aromatic heterocycles. The molecule has 1 unspecified atom stereocenters. The molecule has 1 aliphatic rings. The Hall–Kier alpha value is -5.62. The maximum absolute atomic E-state index is 14.1. The molecule has 0 amide bonds. The van der Waals surface area contributed by atoms with E-state index in [0.29, 0.717) is 53.5 Å². The van der Waals surface area contributed by atoms with Gasteiger partial charge in [0, 0.05) is 30.3 Å². The Balaban J connectivity index is 1.46. The Morgan fingerprint density at radius 2 is 1.62 bits per heavy atom. The lowest BCUT2D eigenvalue weighted by Gasteiger charge is -2.32. The molecular weight excluding hydrogens is 970 g/mol. The van der Waals surface area contributed by atoms with Crippen LogP contribution in [-0.2, 0) is 15.1 Å². The molecule has 0 bridgehead atoms. The number of nitrogens with zero attached hydrogens (tertiary/aromatic N) is 11. The van der Waals surface area contributed by atoms with E-state index in [1.165, 1.54) is 11.1 Å². The Labute approximate surface area is 366 Å². The van der Waals surface area contributed by atoms with Crippen molar-refractivity contribution in [3.8, 4) is 11.1 Å². The second-order valence-electron chi connectivity index (χ2n) is 14.4. The lowest BCUT2D eigenvalue weighted by atomic mass is 9.79. The maximum atomic E-state index is 14.1. The molecule has 0 fully saturated rings. The molecule has 0 aliphatic carbocycles. The molecular formula is C37H22Br2ClN11O7S2+. The van der Waals surface area contributed by atoms with E-state index in [2.05, 4.69) is 76.0 Å². The van der Waals surface area contributed by atoms with E-state index < -0.39 is 21.0 Å². The van der Waals surface area contributed by atoms with Gasteiger partial charge in [0.05, 0.1) is 60.7 Å². The number of hydrogen-bond donors (Lipinski definition) is 0. The van der Waals surface area contributed by atoms with Gasteiger partial charge in [-0.3, -0.25) is 10.1 Å². The molecule has 5 aromatic carbocycles. The van der Waals surface area contributed by atoms with Crippen LogP contribution in [0.2, 0.25) is 5.02 Å². The number of carbonyl (C=O) groups excluding carboxylic acids is 1. The van der Waals surface area contributed by atoms with Gasteiger partial charge in [-0.05, 0) is 94.7 Å². The van der Waals surface area contributed by atoms with Crippen LogP contribution >= 0.6 is 66.9 Å². The molecule has 18 nitrogen and oxygen atoms in total. The first kappa shape index (κ1) is 38.6. The summed E-state index contributed by atoms with van der Waals surface area (Å²) in [5.74, 6) is -0.696. The first-order valence-corrected chi connectivity index (χ1v) is 21.1. The zero-order valence-corrected chi connectivity index (χ0v) is 36.6. The zero-order chi connectivity index (χ0) is 41.8. The van der Waals surface area contributed by atoms with Crippen LogP contribution in [0.3, 0.4) is 0 Å². The van der Waals surface area contributed by atoms with Crippen LogP contribution in [0.4, 0.5) is 34.1 Å². The fourth-order valence-electron chi connectivity index (χ4n) is 7.39. The van der Waals surface area contributed by atoms with E-state index in [0.717, 1.165) is 23.5 Å². The first-order valence-electron chi connectivity index (χ1n) is 17.7. The number of nitro groups is 1. The standard InChI is InChI=1S/C37H22Br2ClN11O7S2/c1-5-55-36(52)29-25(8-6-21-32(29)48-59-45-21)49-34-19(39)13-17(37(2,3)4)28(16-12-22-23(43-56-42-22)14-26(16)50(53)54)35(34)51(58-49,15-10-18(38)31-24(11-15)46-60-47-31)27-9-7-20-33(30(27)40)44-57-41-20/h6-12,14H,5H2,1-4H3/q+1. The lowest BCUT2D eigenvalue weighted by Crippen LogP contribution is -2.39. The molecule has 5 heterocycles. The van der Waals surface area contributed by atoms with Crippen LogP contribution in [0, 0.1) is 16.2 Å². The number of hydrogen-bond acceptors (Lipinski definition) is 18. The number of quaternary nitrogens is 1.